The Hall–Kier alpha value is -0.390. The molecule has 0 spiro atoms. The van der Waals surface area contributed by atoms with Crippen molar-refractivity contribution in [1.82, 2.24) is 4.31 Å². The topological polar surface area (TPSA) is 37.4 Å². The number of halogens is 1. The van der Waals surface area contributed by atoms with Gasteiger partial charge in [0.2, 0.25) is 10.0 Å². The molecule has 0 radical (unpaired) electrons. The van der Waals surface area contributed by atoms with Crippen molar-refractivity contribution >= 4 is 26.0 Å². The van der Waals surface area contributed by atoms with E-state index >= 15 is 0 Å². The van der Waals surface area contributed by atoms with Crippen molar-refractivity contribution in [3.8, 4) is 0 Å². The summed E-state index contributed by atoms with van der Waals surface area (Å²) in [6.45, 7) is 7.99. The van der Waals surface area contributed by atoms with Crippen LogP contribution >= 0.6 is 15.9 Å². The van der Waals surface area contributed by atoms with Gasteiger partial charge >= 0.3 is 0 Å². The van der Waals surface area contributed by atoms with Crippen molar-refractivity contribution in [2.45, 2.75) is 44.9 Å². The quantitative estimate of drug-likeness (QED) is 0.775. The van der Waals surface area contributed by atoms with Crippen molar-refractivity contribution in [3.05, 3.63) is 28.7 Å². The molecule has 1 aliphatic rings. The molecular formula is C16H24BrNO2S. The average Bonchev–Trinajstić information content (AvgIpc) is 2.64. The van der Waals surface area contributed by atoms with Crippen LogP contribution in [-0.4, -0.2) is 25.8 Å². The Morgan fingerprint density at radius 2 is 1.90 bits per heavy atom. The van der Waals surface area contributed by atoms with E-state index in [1.807, 2.05) is 6.07 Å². The van der Waals surface area contributed by atoms with Gasteiger partial charge in [0, 0.05) is 17.6 Å². The summed E-state index contributed by atoms with van der Waals surface area (Å²) in [5.41, 5.74) is 0.246. The number of nitrogens with zero attached hydrogens (tertiary/aromatic N) is 1. The normalized spacial score (nSPS) is 22.0. The molecule has 118 valence electrons. The summed E-state index contributed by atoms with van der Waals surface area (Å²) in [4.78, 5) is 0.381. The van der Waals surface area contributed by atoms with Gasteiger partial charge in [-0.15, -0.1) is 0 Å². The molecular weight excluding hydrogens is 350 g/mol. The lowest BCUT2D eigenvalue weighted by Crippen LogP contribution is -2.32. The molecule has 0 saturated carbocycles. The van der Waals surface area contributed by atoms with Crippen LogP contribution in [-0.2, 0) is 10.0 Å². The maximum Gasteiger partial charge on any atom is 0.243 e. The second kappa shape index (κ2) is 6.39. The van der Waals surface area contributed by atoms with Crippen LogP contribution in [0.15, 0.2) is 33.6 Å². The monoisotopic (exact) mass is 373 g/mol. The highest BCUT2D eigenvalue weighted by Gasteiger charge is 2.31. The van der Waals surface area contributed by atoms with Gasteiger partial charge in [0.15, 0.2) is 0 Å². The third-order valence-corrected chi connectivity index (χ3v) is 6.73. The summed E-state index contributed by atoms with van der Waals surface area (Å²) in [5.74, 6) is 0.584. The fourth-order valence-corrected chi connectivity index (χ4v) is 5.04. The Labute approximate surface area is 136 Å². The number of sulfonamides is 1. The average molecular weight is 374 g/mol. The van der Waals surface area contributed by atoms with Gasteiger partial charge in [-0.25, -0.2) is 8.42 Å². The molecule has 1 aromatic carbocycles. The first-order valence-corrected chi connectivity index (χ1v) is 9.70. The van der Waals surface area contributed by atoms with Gasteiger partial charge in [0.05, 0.1) is 4.90 Å². The van der Waals surface area contributed by atoms with E-state index in [1.165, 1.54) is 0 Å². The molecule has 1 aromatic rings. The van der Waals surface area contributed by atoms with Gasteiger partial charge in [-0.05, 0) is 48.8 Å². The fourth-order valence-electron chi connectivity index (χ4n) is 2.95. The van der Waals surface area contributed by atoms with E-state index in [4.69, 9.17) is 0 Å². The second-order valence-corrected chi connectivity index (χ2v) is 9.71. The minimum atomic E-state index is -3.37. The predicted octanol–water partition coefficient (Wildman–Crippen LogP) is 4.29. The molecule has 5 heteroatoms. The first-order chi connectivity index (χ1) is 9.71. The molecule has 0 aromatic heterocycles. The molecule has 1 unspecified atom stereocenters. The van der Waals surface area contributed by atoms with Crippen molar-refractivity contribution in [2.75, 3.05) is 13.1 Å². The maximum absolute atomic E-state index is 12.8. The molecule has 1 fully saturated rings. The SMILES string of the molecule is CC(C)(C)C1CCCN(S(=O)(=O)c2cccc(Br)c2)CC1. The fraction of sp³-hybridized carbons (Fsp3) is 0.625. The lowest BCUT2D eigenvalue weighted by Gasteiger charge is -2.29. The van der Waals surface area contributed by atoms with Gasteiger partial charge in [-0.1, -0.05) is 42.8 Å². The van der Waals surface area contributed by atoms with Gasteiger partial charge in [0.1, 0.15) is 0 Å². The van der Waals surface area contributed by atoms with Crippen LogP contribution in [0.5, 0.6) is 0 Å². The minimum Gasteiger partial charge on any atom is -0.207 e. The van der Waals surface area contributed by atoms with E-state index in [9.17, 15) is 8.42 Å². The van der Waals surface area contributed by atoms with Crippen molar-refractivity contribution in [1.29, 1.82) is 0 Å². The van der Waals surface area contributed by atoms with E-state index in [0.717, 1.165) is 23.7 Å². The third-order valence-electron chi connectivity index (χ3n) is 4.35. The van der Waals surface area contributed by atoms with Crippen LogP contribution < -0.4 is 0 Å². The highest BCUT2D eigenvalue weighted by Crippen LogP contribution is 2.35. The standard InChI is InChI=1S/C16H24BrNO2S/c1-16(2,3)13-6-5-10-18(11-9-13)21(19,20)15-8-4-7-14(17)12-15/h4,7-8,12-13H,5-6,9-11H2,1-3H3. The van der Waals surface area contributed by atoms with Gasteiger partial charge in [-0.2, -0.15) is 4.31 Å². The maximum atomic E-state index is 12.8. The number of hydrogen-bond donors (Lipinski definition) is 0. The summed E-state index contributed by atoms with van der Waals surface area (Å²) >= 11 is 3.35. The summed E-state index contributed by atoms with van der Waals surface area (Å²) in [5, 5.41) is 0. The van der Waals surface area contributed by atoms with Crippen LogP contribution in [0, 0.1) is 11.3 Å². The molecule has 3 nitrogen and oxygen atoms in total. The van der Waals surface area contributed by atoms with Crippen molar-refractivity contribution in [2.24, 2.45) is 11.3 Å². The first kappa shape index (κ1) is 17.0. The molecule has 2 rings (SSSR count). The van der Waals surface area contributed by atoms with E-state index < -0.39 is 10.0 Å². The van der Waals surface area contributed by atoms with E-state index in [-0.39, 0.29) is 5.41 Å². The Morgan fingerprint density at radius 3 is 2.52 bits per heavy atom. The largest absolute Gasteiger partial charge is 0.243 e. The lowest BCUT2D eigenvalue weighted by atomic mass is 9.77. The zero-order chi connectivity index (χ0) is 15.7. The minimum absolute atomic E-state index is 0.246. The van der Waals surface area contributed by atoms with Gasteiger partial charge in [-0.3, -0.25) is 0 Å². The Morgan fingerprint density at radius 1 is 1.19 bits per heavy atom. The highest BCUT2D eigenvalue weighted by molar-refractivity contribution is 9.10. The van der Waals surface area contributed by atoms with Crippen LogP contribution in [0.3, 0.4) is 0 Å². The molecule has 21 heavy (non-hydrogen) atoms. The molecule has 1 aliphatic heterocycles. The highest BCUT2D eigenvalue weighted by atomic mass is 79.9. The second-order valence-electron chi connectivity index (χ2n) is 6.86. The number of hydrogen-bond acceptors (Lipinski definition) is 2. The molecule has 0 amide bonds. The van der Waals surface area contributed by atoms with Crippen molar-refractivity contribution < 1.29 is 8.42 Å². The van der Waals surface area contributed by atoms with Crippen LogP contribution in [0.4, 0.5) is 0 Å². The van der Waals surface area contributed by atoms with E-state index in [0.29, 0.717) is 23.9 Å². The number of benzene rings is 1. The molecule has 1 saturated heterocycles. The zero-order valence-electron chi connectivity index (χ0n) is 13.0. The molecule has 1 atom stereocenters. The zero-order valence-corrected chi connectivity index (χ0v) is 15.4. The van der Waals surface area contributed by atoms with Gasteiger partial charge < -0.3 is 0 Å². The van der Waals surface area contributed by atoms with Gasteiger partial charge in [0.25, 0.3) is 0 Å². The smallest absolute Gasteiger partial charge is 0.207 e. The van der Waals surface area contributed by atoms with E-state index in [1.54, 1.807) is 22.5 Å². The molecule has 0 aliphatic carbocycles. The Bertz CT molecular complexity index is 593. The third kappa shape index (κ3) is 4.08. The molecule has 0 bridgehead atoms. The van der Waals surface area contributed by atoms with Crippen LogP contribution in [0.25, 0.3) is 0 Å². The Kier molecular flexibility index (Phi) is 5.16. The lowest BCUT2D eigenvalue weighted by molar-refractivity contribution is 0.217. The summed E-state index contributed by atoms with van der Waals surface area (Å²) in [6.07, 6.45) is 2.99. The van der Waals surface area contributed by atoms with E-state index in [2.05, 4.69) is 36.7 Å². The summed E-state index contributed by atoms with van der Waals surface area (Å²) in [7, 11) is -3.37. The summed E-state index contributed by atoms with van der Waals surface area (Å²) < 4.78 is 28.0. The molecule has 1 heterocycles. The Balaban J connectivity index is 2.18. The van der Waals surface area contributed by atoms with Crippen molar-refractivity contribution in [3.63, 3.8) is 0 Å². The summed E-state index contributed by atoms with van der Waals surface area (Å²) in [6, 6.07) is 6.97. The molecule has 0 N–H and O–H groups in total. The van der Waals surface area contributed by atoms with Crippen LogP contribution in [0.1, 0.15) is 40.0 Å². The number of rotatable bonds is 2. The predicted molar refractivity (Wildman–Crippen MR) is 89.7 cm³/mol. The first-order valence-electron chi connectivity index (χ1n) is 7.47. The van der Waals surface area contributed by atoms with Crippen LogP contribution in [0.2, 0.25) is 0 Å².